The molecule has 2 rings (SSSR count). The van der Waals surface area contributed by atoms with Crippen molar-refractivity contribution in [1.29, 1.82) is 0 Å². The number of hydrogen-bond donors (Lipinski definition) is 0. The van der Waals surface area contributed by atoms with Crippen LogP contribution in [0.15, 0.2) is 11.4 Å². The van der Waals surface area contributed by atoms with Crippen LogP contribution in [-0.4, -0.2) is 26.3 Å². The largest absolute Gasteiger partial charge is 0.378 e. The molecule has 1 fully saturated rings. The van der Waals surface area contributed by atoms with Crippen LogP contribution in [0.2, 0.25) is 0 Å². The average Bonchev–Trinajstić information content (AvgIpc) is 2.53. The Bertz CT molecular complexity index is 253. The molecule has 66 valence electrons. The molecule has 0 radical (unpaired) electrons. The van der Waals surface area contributed by atoms with Gasteiger partial charge in [-0.05, 0) is 18.4 Å². The monoisotopic (exact) mass is 183 g/mol. The average molecular weight is 183 g/mol. The molecule has 0 spiro atoms. The fourth-order valence-corrected chi connectivity index (χ4v) is 2.23. The van der Waals surface area contributed by atoms with Crippen LogP contribution in [0.5, 0.6) is 0 Å². The minimum Gasteiger partial charge on any atom is -0.378 e. The van der Waals surface area contributed by atoms with Crippen LogP contribution >= 0.6 is 11.3 Å². The Morgan fingerprint density at radius 2 is 2.17 bits per heavy atom. The van der Waals surface area contributed by atoms with Crippen LogP contribution in [0.1, 0.15) is 4.88 Å². The molecule has 0 aromatic carbocycles. The third-order valence-corrected chi connectivity index (χ3v) is 3.02. The molecule has 0 atom stereocenters. The SMILES string of the molecule is Cc1sccc1N1CCOCC1. The lowest BCUT2D eigenvalue weighted by Crippen LogP contribution is -2.36. The number of aryl methyl sites for hydroxylation is 1. The van der Waals surface area contributed by atoms with E-state index < -0.39 is 0 Å². The lowest BCUT2D eigenvalue weighted by molar-refractivity contribution is 0.122. The molecule has 0 bridgehead atoms. The molecular weight excluding hydrogens is 170 g/mol. The van der Waals surface area contributed by atoms with Gasteiger partial charge in [0.1, 0.15) is 0 Å². The minimum atomic E-state index is 0.870. The van der Waals surface area contributed by atoms with Crippen LogP contribution in [-0.2, 0) is 4.74 Å². The maximum atomic E-state index is 5.30. The number of morpholine rings is 1. The molecule has 2 nitrogen and oxygen atoms in total. The van der Waals surface area contributed by atoms with E-state index in [-0.39, 0.29) is 0 Å². The van der Waals surface area contributed by atoms with E-state index >= 15 is 0 Å². The molecule has 12 heavy (non-hydrogen) atoms. The lowest BCUT2D eigenvalue weighted by atomic mass is 10.3. The van der Waals surface area contributed by atoms with Gasteiger partial charge in [-0.1, -0.05) is 0 Å². The van der Waals surface area contributed by atoms with Gasteiger partial charge in [-0.15, -0.1) is 11.3 Å². The highest BCUT2D eigenvalue weighted by Crippen LogP contribution is 2.25. The summed E-state index contributed by atoms with van der Waals surface area (Å²) >= 11 is 1.82. The standard InChI is InChI=1S/C9H13NOS/c1-8-9(2-7-12-8)10-3-5-11-6-4-10/h2,7H,3-6H2,1H3. The zero-order valence-corrected chi connectivity index (χ0v) is 8.06. The number of hydrogen-bond acceptors (Lipinski definition) is 3. The Morgan fingerprint density at radius 1 is 1.42 bits per heavy atom. The van der Waals surface area contributed by atoms with Gasteiger partial charge in [0.25, 0.3) is 0 Å². The molecule has 2 heterocycles. The Hall–Kier alpha value is -0.540. The summed E-state index contributed by atoms with van der Waals surface area (Å²) in [5, 5.41) is 2.15. The number of rotatable bonds is 1. The number of ether oxygens (including phenoxy) is 1. The van der Waals surface area contributed by atoms with Gasteiger partial charge in [-0.3, -0.25) is 0 Å². The quantitative estimate of drug-likeness (QED) is 0.659. The van der Waals surface area contributed by atoms with E-state index in [1.165, 1.54) is 10.6 Å². The van der Waals surface area contributed by atoms with Crippen molar-refractivity contribution < 1.29 is 4.74 Å². The maximum Gasteiger partial charge on any atom is 0.0642 e. The summed E-state index contributed by atoms with van der Waals surface area (Å²) in [5.74, 6) is 0. The Morgan fingerprint density at radius 3 is 2.75 bits per heavy atom. The number of thiophene rings is 1. The first kappa shape index (κ1) is 8.08. The number of nitrogens with zero attached hydrogens (tertiary/aromatic N) is 1. The van der Waals surface area contributed by atoms with Crippen LogP contribution in [0.4, 0.5) is 5.69 Å². The molecule has 1 saturated heterocycles. The third-order valence-electron chi connectivity index (χ3n) is 2.18. The van der Waals surface area contributed by atoms with E-state index in [9.17, 15) is 0 Å². The van der Waals surface area contributed by atoms with E-state index in [4.69, 9.17) is 4.74 Å². The van der Waals surface area contributed by atoms with Crippen molar-refractivity contribution in [3.63, 3.8) is 0 Å². The zero-order valence-electron chi connectivity index (χ0n) is 7.25. The van der Waals surface area contributed by atoms with E-state index in [0.29, 0.717) is 0 Å². The topological polar surface area (TPSA) is 12.5 Å². The molecule has 0 N–H and O–H groups in total. The maximum absolute atomic E-state index is 5.30. The summed E-state index contributed by atoms with van der Waals surface area (Å²) in [6, 6.07) is 2.20. The molecule has 3 heteroatoms. The van der Waals surface area contributed by atoms with Crippen molar-refractivity contribution in [3.8, 4) is 0 Å². The highest BCUT2D eigenvalue weighted by Gasteiger charge is 2.12. The second kappa shape index (κ2) is 3.46. The van der Waals surface area contributed by atoms with Crippen LogP contribution in [0.3, 0.4) is 0 Å². The summed E-state index contributed by atoms with van der Waals surface area (Å²) in [5.41, 5.74) is 1.39. The van der Waals surface area contributed by atoms with Crippen molar-refractivity contribution in [3.05, 3.63) is 16.3 Å². The molecule has 0 saturated carbocycles. The first-order chi connectivity index (χ1) is 5.88. The van der Waals surface area contributed by atoms with Gasteiger partial charge in [-0.2, -0.15) is 0 Å². The minimum absolute atomic E-state index is 0.870. The second-order valence-corrected chi connectivity index (χ2v) is 4.08. The van der Waals surface area contributed by atoms with Crippen molar-refractivity contribution in [2.75, 3.05) is 31.2 Å². The van der Waals surface area contributed by atoms with Gasteiger partial charge in [0.05, 0.1) is 18.9 Å². The van der Waals surface area contributed by atoms with Gasteiger partial charge in [0.2, 0.25) is 0 Å². The predicted molar refractivity (Wildman–Crippen MR) is 52.1 cm³/mol. The Labute approximate surface area is 76.8 Å². The van der Waals surface area contributed by atoms with Crippen molar-refractivity contribution >= 4 is 17.0 Å². The Balaban J connectivity index is 2.13. The van der Waals surface area contributed by atoms with Gasteiger partial charge in [-0.25, -0.2) is 0 Å². The molecule has 0 unspecified atom stereocenters. The molecule has 1 aliphatic heterocycles. The van der Waals surface area contributed by atoms with Crippen LogP contribution in [0, 0.1) is 6.92 Å². The van der Waals surface area contributed by atoms with Crippen LogP contribution in [0.25, 0.3) is 0 Å². The molecule has 1 aromatic heterocycles. The molecular formula is C9H13NOS. The highest BCUT2D eigenvalue weighted by atomic mass is 32.1. The fourth-order valence-electron chi connectivity index (χ4n) is 1.51. The summed E-state index contributed by atoms with van der Waals surface area (Å²) in [6.45, 7) is 6.00. The summed E-state index contributed by atoms with van der Waals surface area (Å²) in [6.07, 6.45) is 0. The second-order valence-electron chi connectivity index (χ2n) is 2.96. The summed E-state index contributed by atoms with van der Waals surface area (Å²) < 4.78 is 5.30. The van der Waals surface area contributed by atoms with Crippen molar-refractivity contribution in [1.82, 2.24) is 0 Å². The normalized spacial score (nSPS) is 18.2. The predicted octanol–water partition coefficient (Wildman–Crippen LogP) is 1.89. The van der Waals surface area contributed by atoms with Gasteiger partial charge >= 0.3 is 0 Å². The lowest BCUT2D eigenvalue weighted by Gasteiger charge is -2.28. The molecule has 1 aromatic rings. The molecule has 0 amide bonds. The van der Waals surface area contributed by atoms with Gasteiger partial charge in [0, 0.05) is 18.0 Å². The van der Waals surface area contributed by atoms with Gasteiger partial charge in [0.15, 0.2) is 0 Å². The van der Waals surface area contributed by atoms with Crippen molar-refractivity contribution in [2.45, 2.75) is 6.92 Å². The summed E-state index contributed by atoms with van der Waals surface area (Å²) in [7, 11) is 0. The Kier molecular flexibility index (Phi) is 2.33. The summed E-state index contributed by atoms with van der Waals surface area (Å²) in [4.78, 5) is 3.81. The zero-order chi connectivity index (χ0) is 8.39. The van der Waals surface area contributed by atoms with Gasteiger partial charge < -0.3 is 9.64 Å². The fraction of sp³-hybridized carbons (Fsp3) is 0.556. The van der Waals surface area contributed by atoms with E-state index in [2.05, 4.69) is 23.3 Å². The highest BCUT2D eigenvalue weighted by molar-refractivity contribution is 7.10. The van der Waals surface area contributed by atoms with E-state index in [0.717, 1.165) is 26.3 Å². The smallest absolute Gasteiger partial charge is 0.0642 e. The van der Waals surface area contributed by atoms with Crippen LogP contribution < -0.4 is 4.90 Å². The molecule has 1 aliphatic rings. The van der Waals surface area contributed by atoms with E-state index in [1.807, 2.05) is 11.3 Å². The van der Waals surface area contributed by atoms with E-state index in [1.54, 1.807) is 0 Å². The first-order valence-electron chi connectivity index (χ1n) is 4.25. The number of anilines is 1. The third kappa shape index (κ3) is 1.47. The first-order valence-corrected chi connectivity index (χ1v) is 5.12. The van der Waals surface area contributed by atoms with Crippen molar-refractivity contribution in [2.24, 2.45) is 0 Å². The molecule has 0 aliphatic carbocycles.